The molecule has 0 saturated carbocycles. The molecule has 0 aliphatic carbocycles. The average Bonchev–Trinajstić information content (AvgIpc) is 2.90. The molecule has 0 bridgehead atoms. The number of hydrogen-bond donors (Lipinski definition) is 2. The number of aliphatic carboxylic acids is 1. The van der Waals surface area contributed by atoms with Crippen LogP contribution in [0.2, 0.25) is 0 Å². The van der Waals surface area contributed by atoms with Crippen molar-refractivity contribution in [2.75, 3.05) is 38.2 Å². The van der Waals surface area contributed by atoms with E-state index in [1.165, 1.54) is 4.90 Å². The number of hydrogen-bond acceptors (Lipinski definition) is 5. The number of carboxylic acid groups (broad SMARTS) is 1. The van der Waals surface area contributed by atoms with E-state index in [1.807, 2.05) is 18.2 Å². The number of nitrogens with one attached hydrogen (secondary N) is 1. The van der Waals surface area contributed by atoms with Crippen molar-refractivity contribution in [2.45, 2.75) is 19.4 Å². The standard InChI is InChI=1S/C28H30F2N2O6/c1-2-36-26(27(33)34)18-20-8-11-23(12-9-20)38-17-15-32(14-16-37-22-6-4-3-5-7-22)28(35)31-25-13-10-21(29)19-24(25)30/h3-13,19,26H,2,14-18H2,1H3,(H,31,35)(H,33,34). The first-order valence-electron chi connectivity index (χ1n) is 12.1. The van der Waals surface area contributed by atoms with Crippen molar-refractivity contribution in [1.29, 1.82) is 0 Å². The minimum Gasteiger partial charge on any atom is -0.492 e. The Labute approximate surface area is 219 Å². The summed E-state index contributed by atoms with van der Waals surface area (Å²) < 4.78 is 44.0. The van der Waals surface area contributed by atoms with E-state index in [0.29, 0.717) is 24.2 Å². The summed E-state index contributed by atoms with van der Waals surface area (Å²) >= 11 is 0. The van der Waals surface area contributed by atoms with Gasteiger partial charge in [-0.3, -0.25) is 0 Å². The van der Waals surface area contributed by atoms with Gasteiger partial charge in [0, 0.05) is 19.1 Å². The number of amides is 2. The first kappa shape index (κ1) is 28.4. The van der Waals surface area contributed by atoms with Gasteiger partial charge in [0.25, 0.3) is 0 Å². The largest absolute Gasteiger partial charge is 0.492 e. The van der Waals surface area contributed by atoms with Crippen molar-refractivity contribution in [3.8, 4) is 11.5 Å². The Morgan fingerprint density at radius 1 is 0.921 bits per heavy atom. The summed E-state index contributed by atoms with van der Waals surface area (Å²) in [6, 6.07) is 18.3. The van der Waals surface area contributed by atoms with Crippen LogP contribution in [0.4, 0.5) is 19.3 Å². The predicted octanol–water partition coefficient (Wildman–Crippen LogP) is 4.99. The second kappa shape index (κ2) is 14.5. The van der Waals surface area contributed by atoms with Crippen LogP contribution in [0.25, 0.3) is 0 Å². The van der Waals surface area contributed by atoms with E-state index < -0.39 is 29.7 Å². The summed E-state index contributed by atoms with van der Waals surface area (Å²) in [4.78, 5) is 25.6. The number of para-hydroxylation sites is 1. The van der Waals surface area contributed by atoms with Crippen LogP contribution in [0.5, 0.6) is 11.5 Å². The summed E-state index contributed by atoms with van der Waals surface area (Å²) in [7, 11) is 0. The second-order valence-corrected chi connectivity index (χ2v) is 8.18. The average molecular weight is 529 g/mol. The molecule has 3 aromatic carbocycles. The van der Waals surface area contributed by atoms with E-state index in [0.717, 1.165) is 17.7 Å². The molecule has 10 heteroatoms. The van der Waals surface area contributed by atoms with Crippen molar-refractivity contribution in [2.24, 2.45) is 0 Å². The van der Waals surface area contributed by atoms with Gasteiger partial charge in [0.1, 0.15) is 36.3 Å². The molecule has 0 aromatic heterocycles. The van der Waals surface area contributed by atoms with E-state index in [4.69, 9.17) is 14.2 Å². The van der Waals surface area contributed by atoms with Gasteiger partial charge in [0.15, 0.2) is 6.10 Å². The van der Waals surface area contributed by atoms with Crippen LogP contribution < -0.4 is 14.8 Å². The van der Waals surface area contributed by atoms with E-state index in [9.17, 15) is 23.5 Å². The SMILES string of the molecule is CCOC(Cc1ccc(OCCN(CCOc2ccccc2)C(=O)Nc2ccc(F)cc2F)cc1)C(=O)O. The number of carboxylic acids is 1. The third-order valence-corrected chi connectivity index (χ3v) is 5.45. The fourth-order valence-corrected chi connectivity index (χ4v) is 3.52. The molecule has 3 rings (SSSR count). The molecule has 0 heterocycles. The van der Waals surface area contributed by atoms with Crippen LogP contribution >= 0.6 is 0 Å². The zero-order chi connectivity index (χ0) is 27.3. The summed E-state index contributed by atoms with van der Waals surface area (Å²) in [5.41, 5.74) is 0.632. The number of rotatable bonds is 14. The molecular weight excluding hydrogens is 498 g/mol. The first-order valence-corrected chi connectivity index (χ1v) is 12.1. The number of carbonyl (C=O) groups excluding carboxylic acids is 1. The summed E-state index contributed by atoms with van der Waals surface area (Å²) in [6.45, 7) is 2.68. The molecule has 0 radical (unpaired) electrons. The Bertz CT molecular complexity index is 1180. The van der Waals surface area contributed by atoms with Crippen LogP contribution in [-0.2, 0) is 16.0 Å². The van der Waals surface area contributed by atoms with Crippen LogP contribution in [0.15, 0.2) is 72.8 Å². The minimum atomic E-state index is -1.03. The number of carbonyl (C=O) groups is 2. The molecule has 2 N–H and O–H groups in total. The maximum absolute atomic E-state index is 14.1. The van der Waals surface area contributed by atoms with Crippen molar-refractivity contribution in [3.63, 3.8) is 0 Å². The van der Waals surface area contributed by atoms with Gasteiger partial charge in [-0.05, 0) is 48.9 Å². The Morgan fingerprint density at radius 3 is 2.13 bits per heavy atom. The Balaban J connectivity index is 1.58. The smallest absolute Gasteiger partial charge is 0.333 e. The highest BCUT2D eigenvalue weighted by atomic mass is 19.1. The van der Waals surface area contributed by atoms with Crippen molar-refractivity contribution < 1.29 is 37.7 Å². The van der Waals surface area contributed by atoms with Crippen molar-refractivity contribution in [3.05, 3.63) is 90.0 Å². The number of urea groups is 1. The quantitative estimate of drug-likeness (QED) is 0.306. The molecule has 0 saturated heterocycles. The lowest BCUT2D eigenvalue weighted by atomic mass is 10.1. The number of ether oxygens (including phenoxy) is 3. The highest BCUT2D eigenvalue weighted by Gasteiger charge is 2.18. The van der Waals surface area contributed by atoms with Gasteiger partial charge in [-0.2, -0.15) is 0 Å². The van der Waals surface area contributed by atoms with Gasteiger partial charge < -0.3 is 29.5 Å². The highest BCUT2D eigenvalue weighted by molar-refractivity contribution is 5.89. The van der Waals surface area contributed by atoms with Crippen molar-refractivity contribution >= 4 is 17.7 Å². The van der Waals surface area contributed by atoms with Crippen LogP contribution in [0.1, 0.15) is 12.5 Å². The molecule has 202 valence electrons. The second-order valence-electron chi connectivity index (χ2n) is 8.18. The fraction of sp³-hybridized carbons (Fsp3) is 0.286. The molecule has 1 unspecified atom stereocenters. The lowest BCUT2D eigenvalue weighted by Crippen LogP contribution is -2.40. The Morgan fingerprint density at radius 2 is 1.55 bits per heavy atom. The van der Waals surface area contributed by atoms with E-state index in [-0.39, 0.29) is 38.4 Å². The molecule has 0 aliphatic heterocycles. The maximum atomic E-state index is 14.1. The lowest BCUT2D eigenvalue weighted by Gasteiger charge is -2.23. The van der Waals surface area contributed by atoms with Crippen LogP contribution in [-0.4, -0.2) is 61.0 Å². The third-order valence-electron chi connectivity index (χ3n) is 5.45. The normalized spacial score (nSPS) is 11.4. The fourth-order valence-electron chi connectivity index (χ4n) is 3.52. The van der Waals surface area contributed by atoms with E-state index in [2.05, 4.69) is 5.32 Å². The molecule has 38 heavy (non-hydrogen) atoms. The van der Waals surface area contributed by atoms with Gasteiger partial charge in [-0.15, -0.1) is 0 Å². The van der Waals surface area contributed by atoms with Crippen molar-refractivity contribution in [1.82, 2.24) is 4.90 Å². The zero-order valence-corrected chi connectivity index (χ0v) is 20.9. The number of anilines is 1. The number of nitrogens with zero attached hydrogens (tertiary/aromatic N) is 1. The lowest BCUT2D eigenvalue weighted by molar-refractivity contribution is -0.149. The van der Waals surface area contributed by atoms with Crippen LogP contribution in [0, 0.1) is 11.6 Å². The monoisotopic (exact) mass is 528 g/mol. The summed E-state index contributed by atoms with van der Waals surface area (Å²) in [6.07, 6.45) is -0.707. The molecule has 8 nitrogen and oxygen atoms in total. The zero-order valence-electron chi connectivity index (χ0n) is 20.9. The number of halogens is 2. The molecule has 1 atom stereocenters. The molecule has 0 spiro atoms. The number of benzene rings is 3. The summed E-state index contributed by atoms with van der Waals surface area (Å²) in [5.74, 6) is -1.48. The topological polar surface area (TPSA) is 97.3 Å². The van der Waals surface area contributed by atoms with Gasteiger partial charge in [0.2, 0.25) is 0 Å². The van der Waals surface area contributed by atoms with Gasteiger partial charge in [-0.25, -0.2) is 18.4 Å². The van der Waals surface area contributed by atoms with Gasteiger partial charge in [0.05, 0.1) is 18.8 Å². The van der Waals surface area contributed by atoms with Crippen LogP contribution in [0.3, 0.4) is 0 Å². The first-order chi connectivity index (χ1) is 18.4. The van der Waals surface area contributed by atoms with Gasteiger partial charge in [-0.1, -0.05) is 30.3 Å². The molecule has 0 fully saturated rings. The third kappa shape index (κ3) is 9.04. The predicted molar refractivity (Wildman–Crippen MR) is 138 cm³/mol. The Kier molecular flexibility index (Phi) is 10.9. The maximum Gasteiger partial charge on any atom is 0.333 e. The Hall–Kier alpha value is -4.18. The minimum absolute atomic E-state index is 0.126. The molecule has 3 aromatic rings. The highest BCUT2D eigenvalue weighted by Crippen LogP contribution is 2.17. The van der Waals surface area contributed by atoms with Gasteiger partial charge >= 0.3 is 12.0 Å². The van der Waals surface area contributed by atoms with E-state index >= 15 is 0 Å². The van der Waals surface area contributed by atoms with E-state index in [1.54, 1.807) is 43.3 Å². The molecule has 0 aliphatic rings. The molecule has 2 amide bonds. The molecular formula is C28H30F2N2O6. The summed E-state index contributed by atoms with van der Waals surface area (Å²) in [5, 5.41) is 11.7.